The van der Waals surface area contributed by atoms with E-state index in [1.54, 1.807) is 0 Å². The fourth-order valence-electron chi connectivity index (χ4n) is 2.70. The molecular formula is C16H11NO. The van der Waals surface area contributed by atoms with Gasteiger partial charge in [0, 0.05) is 23.3 Å². The first-order valence-electron chi connectivity index (χ1n) is 6.02. The predicted molar refractivity (Wildman–Crippen MR) is 71.8 cm³/mol. The van der Waals surface area contributed by atoms with Crippen LogP contribution in [0.25, 0.3) is 0 Å². The first kappa shape index (κ1) is 9.66. The molecule has 1 aliphatic heterocycles. The highest BCUT2D eigenvalue weighted by Gasteiger charge is 2.30. The van der Waals surface area contributed by atoms with Gasteiger partial charge in [-0.25, -0.2) is 4.99 Å². The lowest BCUT2D eigenvalue weighted by Gasteiger charge is -2.15. The van der Waals surface area contributed by atoms with Gasteiger partial charge in [-0.1, -0.05) is 36.5 Å². The molecule has 18 heavy (non-hydrogen) atoms. The lowest BCUT2D eigenvalue weighted by atomic mass is 9.91. The third kappa shape index (κ3) is 1.26. The Morgan fingerprint density at radius 3 is 3.11 bits per heavy atom. The summed E-state index contributed by atoms with van der Waals surface area (Å²) in [5, 5.41) is 0. The Kier molecular flexibility index (Phi) is 1.92. The molecule has 1 heterocycles. The zero-order valence-electron chi connectivity index (χ0n) is 9.71. The quantitative estimate of drug-likeness (QED) is 0.628. The fraction of sp³-hybridized carbons (Fsp3) is 0.0625. The van der Waals surface area contributed by atoms with Gasteiger partial charge in [0.2, 0.25) is 0 Å². The summed E-state index contributed by atoms with van der Waals surface area (Å²) in [5.41, 5.74) is 4.83. The van der Waals surface area contributed by atoms with E-state index in [0.29, 0.717) is 5.92 Å². The SMILES string of the molecule is C1=CC2=CN=COC2=C2C=C3C=CC=CC3C2=C1. The van der Waals surface area contributed by atoms with Crippen molar-refractivity contribution in [2.24, 2.45) is 10.9 Å². The molecule has 4 aliphatic rings. The molecule has 0 saturated carbocycles. The van der Waals surface area contributed by atoms with Gasteiger partial charge in [0.05, 0.1) is 0 Å². The number of nitrogens with zero attached hydrogens (tertiary/aromatic N) is 1. The molecule has 0 amide bonds. The number of hydrogen-bond acceptors (Lipinski definition) is 2. The van der Waals surface area contributed by atoms with E-state index in [0.717, 1.165) is 11.3 Å². The molecular weight excluding hydrogens is 222 g/mol. The molecule has 0 aromatic carbocycles. The van der Waals surface area contributed by atoms with Crippen molar-refractivity contribution in [3.63, 3.8) is 0 Å². The predicted octanol–water partition coefficient (Wildman–Crippen LogP) is 3.36. The largest absolute Gasteiger partial charge is 0.444 e. The van der Waals surface area contributed by atoms with Gasteiger partial charge in [0.15, 0.2) is 6.40 Å². The summed E-state index contributed by atoms with van der Waals surface area (Å²) >= 11 is 0. The minimum Gasteiger partial charge on any atom is -0.444 e. The normalized spacial score (nSPS) is 26.7. The molecule has 0 spiro atoms. The van der Waals surface area contributed by atoms with Crippen LogP contribution in [0.5, 0.6) is 0 Å². The Balaban J connectivity index is 1.95. The summed E-state index contributed by atoms with van der Waals surface area (Å²) in [5.74, 6) is 1.28. The maximum Gasteiger partial charge on any atom is 0.181 e. The Hall–Kier alpha value is -2.35. The van der Waals surface area contributed by atoms with Gasteiger partial charge in [0.1, 0.15) is 5.76 Å². The van der Waals surface area contributed by atoms with Crippen LogP contribution in [0.2, 0.25) is 0 Å². The van der Waals surface area contributed by atoms with E-state index in [1.807, 2.05) is 12.3 Å². The molecule has 0 radical (unpaired) electrons. The van der Waals surface area contributed by atoms with E-state index >= 15 is 0 Å². The van der Waals surface area contributed by atoms with Gasteiger partial charge in [-0.15, -0.1) is 0 Å². The highest BCUT2D eigenvalue weighted by molar-refractivity contribution is 5.68. The van der Waals surface area contributed by atoms with Crippen LogP contribution < -0.4 is 0 Å². The third-order valence-corrected chi connectivity index (χ3v) is 3.52. The number of fused-ring (bicyclic) bond motifs is 4. The first-order chi connectivity index (χ1) is 8.93. The second kappa shape index (κ2) is 3.57. The Morgan fingerprint density at radius 2 is 2.11 bits per heavy atom. The second-order valence-corrected chi connectivity index (χ2v) is 4.55. The lowest BCUT2D eigenvalue weighted by molar-refractivity contribution is 0.438. The summed E-state index contributed by atoms with van der Waals surface area (Å²) in [6.45, 7) is 0. The van der Waals surface area contributed by atoms with Gasteiger partial charge in [0.25, 0.3) is 0 Å². The number of aliphatic imine (C=N–C) groups is 1. The standard InChI is InChI=1S/C16H11NO/c1-2-6-13-11(4-1)8-15-14(13)7-3-5-12-9-17-10-18-16(12)15/h1-10,13H. The molecule has 2 nitrogen and oxygen atoms in total. The van der Waals surface area contributed by atoms with E-state index in [4.69, 9.17) is 4.74 Å². The van der Waals surface area contributed by atoms with E-state index in [-0.39, 0.29) is 0 Å². The molecule has 3 aliphatic carbocycles. The molecule has 0 aromatic rings. The van der Waals surface area contributed by atoms with Crippen molar-refractivity contribution >= 4 is 6.40 Å². The topological polar surface area (TPSA) is 21.6 Å². The monoisotopic (exact) mass is 233 g/mol. The van der Waals surface area contributed by atoms with Gasteiger partial charge < -0.3 is 4.74 Å². The number of allylic oxidation sites excluding steroid dienone is 11. The lowest BCUT2D eigenvalue weighted by Crippen LogP contribution is -2.03. The number of ether oxygens (including phenoxy) is 1. The average Bonchev–Trinajstić information content (AvgIpc) is 2.69. The van der Waals surface area contributed by atoms with E-state index in [1.165, 1.54) is 23.1 Å². The van der Waals surface area contributed by atoms with Gasteiger partial charge in [-0.2, -0.15) is 0 Å². The summed E-state index contributed by atoms with van der Waals surface area (Å²) in [4.78, 5) is 4.04. The molecule has 1 atom stereocenters. The fourth-order valence-corrected chi connectivity index (χ4v) is 2.70. The maximum absolute atomic E-state index is 5.62. The van der Waals surface area contributed by atoms with E-state index in [9.17, 15) is 0 Å². The van der Waals surface area contributed by atoms with E-state index in [2.05, 4.69) is 47.5 Å². The van der Waals surface area contributed by atoms with Crippen molar-refractivity contribution in [1.82, 2.24) is 0 Å². The highest BCUT2D eigenvalue weighted by Crippen LogP contribution is 2.43. The summed E-state index contributed by atoms with van der Waals surface area (Å²) in [6, 6.07) is 0. The molecule has 0 fully saturated rings. The van der Waals surface area contributed by atoms with Crippen LogP contribution in [0.4, 0.5) is 0 Å². The van der Waals surface area contributed by atoms with Crippen LogP contribution in [-0.2, 0) is 4.74 Å². The highest BCUT2D eigenvalue weighted by atomic mass is 16.5. The second-order valence-electron chi connectivity index (χ2n) is 4.55. The van der Waals surface area contributed by atoms with Crippen LogP contribution in [0.3, 0.4) is 0 Å². The summed E-state index contributed by atoms with van der Waals surface area (Å²) < 4.78 is 5.62. The minimum atomic E-state index is 0.365. The number of rotatable bonds is 0. The van der Waals surface area contributed by atoms with Crippen molar-refractivity contribution in [3.05, 3.63) is 82.9 Å². The van der Waals surface area contributed by atoms with Crippen molar-refractivity contribution in [3.8, 4) is 0 Å². The van der Waals surface area contributed by atoms with Crippen LogP contribution in [-0.4, -0.2) is 6.40 Å². The summed E-state index contributed by atoms with van der Waals surface area (Å²) in [7, 11) is 0. The molecule has 0 N–H and O–H groups in total. The van der Waals surface area contributed by atoms with Crippen LogP contribution in [0.15, 0.2) is 87.9 Å². The molecule has 0 bridgehead atoms. The Labute approximate surface area is 105 Å². The molecule has 0 aromatic heterocycles. The van der Waals surface area contributed by atoms with E-state index < -0.39 is 0 Å². The third-order valence-electron chi connectivity index (χ3n) is 3.52. The van der Waals surface area contributed by atoms with Gasteiger partial charge in [-0.05, 0) is 23.3 Å². The average molecular weight is 233 g/mol. The van der Waals surface area contributed by atoms with Crippen molar-refractivity contribution < 1.29 is 4.74 Å². The van der Waals surface area contributed by atoms with Crippen molar-refractivity contribution in [2.45, 2.75) is 0 Å². The van der Waals surface area contributed by atoms with Gasteiger partial charge >= 0.3 is 0 Å². The van der Waals surface area contributed by atoms with Crippen LogP contribution >= 0.6 is 0 Å². The number of hydrogen-bond donors (Lipinski definition) is 0. The van der Waals surface area contributed by atoms with Crippen LogP contribution in [0.1, 0.15) is 0 Å². The van der Waals surface area contributed by atoms with Gasteiger partial charge in [-0.3, -0.25) is 0 Å². The molecule has 1 unspecified atom stereocenters. The zero-order chi connectivity index (χ0) is 11.9. The molecule has 86 valence electrons. The molecule has 4 rings (SSSR count). The molecule has 2 heteroatoms. The van der Waals surface area contributed by atoms with Crippen LogP contribution in [0, 0.1) is 5.92 Å². The van der Waals surface area contributed by atoms with Crippen molar-refractivity contribution in [2.75, 3.05) is 0 Å². The Bertz CT molecular complexity index is 663. The minimum absolute atomic E-state index is 0.365. The molecule has 0 saturated heterocycles. The smallest absolute Gasteiger partial charge is 0.181 e. The Morgan fingerprint density at radius 1 is 1.11 bits per heavy atom. The summed E-state index contributed by atoms with van der Waals surface area (Å²) in [6.07, 6.45) is 20.4. The first-order valence-corrected chi connectivity index (χ1v) is 6.02. The van der Waals surface area contributed by atoms with Crippen molar-refractivity contribution in [1.29, 1.82) is 0 Å². The maximum atomic E-state index is 5.62. The zero-order valence-corrected chi connectivity index (χ0v) is 9.71.